The molecule has 0 spiro atoms. The van der Waals surface area contributed by atoms with Gasteiger partial charge in [0.1, 0.15) is 0 Å². The number of carbonyl (C=O) groups is 1. The molecule has 5 nitrogen and oxygen atoms in total. The van der Waals surface area contributed by atoms with Gasteiger partial charge in [-0.3, -0.25) is 4.79 Å². The Balaban J connectivity index is 1.91. The van der Waals surface area contributed by atoms with E-state index >= 15 is 0 Å². The van der Waals surface area contributed by atoms with Crippen molar-refractivity contribution in [3.63, 3.8) is 0 Å². The Bertz CT molecular complexity index is 699. The second-order valence-corrected chi connectivity index (χ2v) is 6.07. The Morgan fingerprint density at radius 1 is 1.05 bits per heavy atom. The maximum Gasteiger partial charge on any atom is 0.276 e. The van der Waals surface area contributed by atoms with E-state index in [2.05, 4.69) is 23.2 Å². The minimum absolute atomic E-state index is 0.00761. The third kappa shape index (κ3) is 2.75. The summed E-state index contributed by atoms with van der Waals surface area (Å²) >= 11 is 0. The van der Waals surface area contributed by atoms with Crippen molar-refractivity contribution in [1.82, 2.24) is 19.9 Å². The first-order valence-corrected chi connectivity index (χ1v) is 7.87. The first-order chi connectivity index (χ1) is 10.6. The Morgan fingerprint density at radius 3 is 2.45 bits per heavy atom. The molecule has 2 aromatic rings. The maximum atomic E-state index is 12.6. The molecule has 116 valence electrons. The van der Waals surface area contributed by atoms with Crippen molar-refractivity contribution in [1.29, 1.82) is 0 Å². The molecular weight excluding hydrogens is 276 g/mol. The fraction of sp³-hybridized carbons (Fsp3) is 0.471. The zero-order valence-electron chi connectivity index (χ0n) is 13.5. The molecule has 1 aromatic carbocycles. The number of amides is 1. The van der Waals surface area contributed by atoms with Crippen LogP contribution in [0.5, 0.6) is 0 Å². The molecular formula is C17H22N4O. The van der Waals surface area contributed by atoms with Gasteiger partial charge in [-0.25, -0.2) is 0 Å². The van der Waals surface area contributed by atoms with Crippen molar-refractivity contribution in [3.05, 3.63) is 40.7 Å². The maximum absolute atomic E-state index is 12.6. The first kappa shape index (κ1) is 14.8. The zero-order valence-corrected chi connectivity index (χ0v) is 13.5. The summed E-state index contributed by atoms with van der Waals surface area (Å²) in [6.45, 7) is 7.60. The van der Waals surface area contributed by atoms with Crippen molar-refractivity contribution in [3.8, 4) is 5.69 Å². The van der Waals surface area contributed by atoms with Crippen LogP contribution in [0.4, 0.5) is 0 Å². The molecule has 2 heterocycles. The molecule has 1 aliphatic rings. The molecule has 3 rings (SSSR count). The second-order valence-electron chi connectivity index (χ2n) is 6.07. The van der Waals surface area contributed by atoms with Crippen LogP contribution in [0.25, 0.3) is 5.69 Å². The third-order valence-electron chi connectivity index (χ3n) is 4.20. The molecule has 22 heavy (non-hydrogen) atoms. The van der Waals surface area contributed by atoms with Gasteiger partial charge in [0, 0.05) is 13.1 Å². The van der Waals surface area contributed by atoms with Crippen LogP contribution < -0.4 is 0 Å². The average molecular weight is 298 g/mol. The van der Waals surface area contributed by atoms with Crippen LogP contribution in [0.15, 0.2) is 18.2 Å². The van der Waals surface area contributed by atoms with Crippen molar-refractivity contribution >= 4 is 5.91 Å². The van der Waals surface area contributed by atoms with Gasteiger partial charge in [0.05, 0.1) is 11.4 Å². The molecule has 1 saturated heterocycles. The minimum Gasteiger partial charge on any atom is -0.337 e. The Morgan fingerprint density at radius 2 is 1.77 bits per heavy atom. The van der Waals surface area contributed by atoms with Crippen LogP contribution in [0.3, 0.4) is 0 Å². The SMILES string of the molecule is Cc1ccc(-n2nc(C)c(C(=O)N3CCCCC3)n2)c(C)c1. The summed E-state index contributed by atoms with van der Waals surface area (Å²) in [5.41, 5.74) is 4.39. The molecule has 1 aromatic heterocycles. The summed E-state index contributed by atoms with van der Waals surface area (Å²) in [6.07, 6.45) is 3.37. The number of likely N-dealkylation sites (tertiary alicyclic amines) is 1. The highest BCUT2D eigenvalue weighted by Gasteiger charge is 2.23. The van der Waals surface area contributed by atoms with Crippen molar-refractivity contribution < 1.29 is 4.79 Å². The van der Waals surface area contributed by atoms with E-state index < -0.39 is 0 Å². The standard InChI is InChI=1S/C17H22N4O/c1-12-7-8-15(13(2)11-12)21-18-14(3)16(19-21)17(22)20-9-5-4-6-10-20/h7-8,11H,4-6,9-10H2,1-3H3. The highest BCUT2D eigenvalue weighted by Crippen LogP contribution is 2.17. The topological polar surface area (TPSA) is 51.0 Å². The number of carbonyl (C=O) groups excluding carboxylic acids is 1. The summed E-state index contributed by atoms with van der Waals surface area (Å²) in [5, 5.41) is 8.91. The lowest BCUT2D eigenvalue weighted by Crippen LogP contribution is -2.36. The normalized spacial score (nSPS) is 15.1. The molecule has 0 bridgehead atoms. The highest BCUT2D eigenvalue weighted by molar-refractivity contribution is 5.93. The number of benzene rings is 1. The van der Waals surface area contributed by atoms with Gasteiger partial charge in [-0.1, -0.05) is 17.7 Å². The first-order valence-electron chi connectivity index (χ1n) is 7.87. The van der Waals surface area contributed by atoms with Crippen LogP contribution in [0.2, 0.25) is 0 Å². The molecule has 5 heteroatoms. The average Bonchev–Trinajstić information content (AvgIpc) is 2.89. The number of aromatic nitrogens is 3. The molecule has 0 saturated carbocycles. The monoisotopic (exact) mass is 298 g/mol. The number of hydrogen-bond acceptors (Lipinski definition) is 3. The lowest BCUT2D eigenvalue weighted by atomic mass is 10.1. The number of piperidine rings is 1. The highest BCUT2D eigenvalue weighted by atomic mass is 16.2. The third-order valence-corrected chi connectivity index (χ3v) is 4.20. The van der Waals surface area contributed by atoms with Gasteiger partial charge in [-0.2, -0.15) is 9.90 Å². The summed E-state index contributed by atoms with van der Waals surface area (Å²) < 4.78 is 0. The van der Waals surface area contributed by atoms with Crippen LogP contribution in [-0.4, -0.2) is 38.9 Å². The molecule has 0 aliphatic carbocycles. The molecule has 1 aliphatic heterocycles. The summed E-state index contributed by atoms with van der Waals surface area (Å²) in [4.78, 5) is 16.1. The van der Waals surface area contributed by atoms with Gasteiger partial charge < -0.3 is 4.90 Å². The molecule has 0 atom stereocenters. The summed E-state index contributed by atoms with van der Waals surface area (Å²) in [6, 6.07) is 6.13. The Labute approximate surface area is 130 Å². The largest absolute Gasteiger partial charge is 0.337 e. The quantitative estimate of drug-likeness (QED) is 0.856. The van der Waals surface area contributed by atoms with E-state index in [0.717, 1.165) is 37.2 Å². The molecule has 1 fully saturated rings. The van der Waals surface area contributed by atoms with E-state index in [0.29, 0.717) is 11.4 Å². The lowest BCUT2D eigenvalue weighted by Gasteiger charge is -2.25. The number of hydrogen-bond donors (Lipinski definition) is 0. The second kappa shape index (κ2) is 5.91. The Kier molecular flexibility index (Phi) is 3.96. The van der Waals surface area contributed by atoms with E-state index in [4.69, 9.17) is 0 Å². The predicted octanol–water partition coefficient (Wildman–Crippen LogP) is 2.82. The lowest BCUT2D eigenvalue weighted by molar-refractivity contribution is 0.0717. The summed E-state index contributed by atoms with van der Waals surface area (Å²) in [5.74, 6) is 0.00761. The minimum atomic E-state index is 0.00761. The number of rotatable bonds is 2. The van der Waals surface area contributed by atoms with Crippen LogP contribution in [-0.2, 0) is 0 Å². The number of aryl methyl sites for hydroxylation is 3. The van der Waals surface area contributed by atoms with Crippen molar-refractivity contribution in [2.24, 2.45) is 0 Å². The summed E-state index contributed by atoms with van der Waals surface area (Å²) in [7, 11) is 0. The predicted molar refractivity (Wildman–Crippen MR) is 85.3 cm³/mol. The van der Waals surface area contributed by atoms with Gasteiger partial charge in [-0.15, -0.1) is 5.10 Å². The van der Waals surface area contributed by atoms with Crippen LogP contribution in [0, 0.1) is 20.8 Å². The van der Waals surface area contributed by atoms with E-state index in [1.165, 1.54) is 12.0 Å². The molecule has 0 radical (unpaired) electrons. The van der Waals surface area contributed by atoms with Gasteiger partial charge in [0.2, 0.25) is 0 Å². The smallest absolute Gasteiger partial charge is 0.276 e. The zero-order chi connectivity index (χ0) is 15.7. The van der Waals surface area contributed by atoms with Gasteiger partial charge in [0.25, 0.3) is 5.91 Å². The van der Waals surface area contributed by atoms with Gasteiger partial charge >= 0.3 is 0 Å². The van der Waals surface area contributed by atoms with E-state index in [-0.39, 0.29) is 5.91 Å². The molecule has 0 N–H and O–H groups in total. The fourth-order valence-electron chi connectivity index (χ4n) is 2.96. The van der Waals surface area contributed by atoms with Gasteiger partial charge in [0.15, 0.2) is 5.69 Å². The van der Waals surface area contributed by atoms with Gasteiger partial charge in [-0.05, 0) is 51.7 Å². The number of nitrogens with zero attached hydrogens (tertiary/aromatic N) is 4. The van der Waals surface area contributed by atoms with Crippen molar-refractivity contribution in [2.75, 3.05) is 13.1 Å². The van der Waals surface area contributed by atoms with E-state index in [9.17, 15) is 4.79 Å². The molecule has 0 unspecified atom stereocenters. The van der Waals surface area contributed by atoms with Crippen LogP contribution >= 0.6 is 0 Å². The fourth-order valence-corrected chi connectivity index (χ4v) is 2.96. The van der Waals surface area contributed by atoms with Crippen LogP contribution in [0.1, 0.15) is 46.6 Å². The van der Waals surface area contributed by atoms with E-state index in [1.54, 1.807) is 4.80 Å². The Hall–Kier alpha value is -2.17. The molecule has 1 amide bonds. The van der Waals surface area contributed by atoms with Crippen molar-refractivity contribution in [2.45, 2.75) is 40.0 Å². The van der Waals surface area contributed by atoms with E-state index in [1.807, 2.05) is 30.9 Å².